The maximum Gasteiger partial charge on any atom is 0.251 e. The minimum absolute atomic E-state index is 0.0922. The maximum atomic E-state index is 12.6. The molecular formula is C23H18ClN3O. The molecule has 0 unspecified atom stereocenters. The lowest BCUT2D eigenvalue weighted by atomic mass is 9.97. The lowest BCUT2D eigenvalue weighted by molar-refractivity contribution is 0.0931. The summed E-state index contributed by atoms with van der Waals surface area (Å²) < 4.78 is 0. The van der Waals surface area contributed by atoms with E-state index in [1.807, 2.05) is 19.1 Å². The first-order valence-corrected chi connectivity index (χ1v) is 9.44. The Morgan fingerprint density at radius 3 is 2.39 bits per heavy atom. The molecule has 0 bridgehead atoms. The Kier molecular flexibility index (Phi) is 4.62. The second-order valence-corrected chi connectivity index (χ2v) is 7.55. The average molecular weight is 388 g/mol. The minimum atomic E-state index is -0.298. The number of hydrogen-bond donors (Lipinski definition) is 1. The van der Waals surface area contributed by atoms with E-state index in [4.69, 9.17) is 16.9 Å². The van der Waals surface area contributed by atoms with Crippen molar-refractivity contribution < 1.29 is 4.79 Å². The molecule has 1 N–H and O–H groups in total. The molecule has 1 aromatic heterocycles. The van der Waals surface area contributed by atoms with Crippen LogP contribution in [0.15, 0.2) is 60.8 Å². The van der Waals surface area contributed by atoms with Crippen LogP contribution in [0.5, 0.6) is 0 Å². The van der Waals surface area contributed by atoms with Gasteiger partial charge in [-0.05, 0) is 66.8 Å². The van der Waals surface area contributed by atoms with E-state index in [1.54, 1.807) is 36.5 Å². The van der Waals surface area contributed by atoms with Gasteiger partial charge in [0.05, 0.1) is 5.54 Å². The fourth-order valence-corrected chi connectivity index (χ4v) is 3.52. The smallest absolute Gasteiger partial charge is 0.251 e. The van der Waals surface area contributed by atoms with Gasteiger partial charge >= 0.3 is 0 Å². The summed E-state index contributed by atoms with van der Waals surface area (Å²) in [6.07, 6.45) is 3.57. The molecule has 138 valence electrons. The van der Waals surface area contributed by atoms with Crippen molar-refractivity contribution >= 4 is 17.5 Å². The molecule has 5 heteroatoms. The van der Waals surface area contributed by atoms with Crippen molar-refractivity contribution in [2.45, 2.75) is 25.3 Å². The summed E-state index contributed by atoms with van der Waals surface area (Å²) in [5.74, 6) is -0.0922. The fraction of sp³-hybridized carbons (Fsp3) is 0.174. The van der Waals surface area contributed by atoms with Crippen LogP contribution < -0.4 is 5.32 Å². The third kappa shape index (κ3) is 3.49. The molecule has 1 fully saturated rings. The highest BCUT2D eigenvalue weighted by atomic mass is 35.5. The number of rotatable bonds is 4. The monoisotopic (exact) mass is 387 g/mol. The second-order valence-electron chi connectivity index (χ2n) is 7.12. The Morgan fingerprint density at radius 2 is 1.82 bits per heavy atom. The molecule has 28 heavy (non-hydrogen) atoms. The molecule has 0 spiro atoms. The summed E-state index contributed by atoms with van der Waals surface area (Å²) in [6, 6.07) is 19.0. The number of nitriles is 1. The van der Waals surface area contributed by atoms with E-state index in [-0.39, 0.29) is 11.4 Å². The van der Waals surface area contributed by atoms with Gasteiger partial charge in [0.25, 0.3) is 5.91 Å². The number of benzene rings is 2. The van der Waals surface area contributed by atoms with Gasteiger partial charge in [-0.3, -0.25) is 4.79 Å². The zero-order valence-corrected chi connectivity index (χ0v) is 16.1. The van der Waals surface area contributed by atoms with Crippen LogP contribution >= 0.6 is 11.6 Å². The molecule has 4 rings (SSSR count). The van der Waals surface area contributed by atoms with Crippen LogP contribution in [-0.2, 0) is 5.54 Å². The Labute approximate surface area is 168 Å². The second kappa shape index (κ2) is 7.10. The van der Waals surface area contributed by atoms with E-state index in [0.29, 0.717) is 16.3 Å². The summed E-state index contributed by atoms with van der Waals surface area (Å²) in [4.78, 5) is 16.8. The number of hydrogen-bond acceptors (Lipinski definition) is 3. The molecule has 0 saturated heterocycles. The van der Waals surface area contributed by atoms with E-state index in [9.17, 15) is 4.79 Å². The van der Waals surface area contributed by atoms with Gasteiger partial charge in [-0.1, -0.05) is 35.9 Å². The van der Waals surface area contributed by atoms with Gasteiger partial charge in [0.2, 0.25) is 0 Å². The fourth-order valence-electron chi connectivity index (χ4n) is 3.39. The minimum Gasteiger partial charge on any atom is -0.343 e. The van der Waals surface area contributed by atoms with E-state index in [2.05, 4.69) is 28.5 Å². The molecule has 0 radical (unpaired) electrons. The molecule has 1 saturated carbocycles. The predicted octanol–water partition coefficient (Wildman–Crippen LogP) is 5.00. The first-order chi connectivity index (χ1) is 13.5. The number of carbonyl (C=O) groups excluding carboxylic acids is 1. The van der Waals surface area contributed by atoms with E-state index < -0.39 is 0 Å². The normalized spacial score (nSPS) is 14.2. The summed E-state index contributed by atoms with van der Waals surface area (Å²) >= 11 is 5.90. The Balaban J connectivity index is 1.54. The molecule has 3 aromatic rings. The average Bonchev–Trinajstić information content (AvgIpc) is 3.49. The van der Waals surface area contributed by atoms with Crippen LogP contribution in [0, 0.1) is 18.3 Å². The van der Waals surface area contributed by atoms with Crippen molar-refractivity contribution in [1.82, 2.24) is 10.3 Å². The number of aromatic nitrogens is 1. The standard InChI is InChI=1S/C23H18ClN3O/c1-15-12-20(13-25)26-14-21(15)16-2-6-18(7-3-16)23(10-11-23)27-22(28)17-4-8-19(24)9-5-17/h2-9,12,14H,10-11H2,1H3,(H,27,28). The number of halogens is 1. The van der Waals surface area contributed by atoms with Crippen molar-refractivity contribution in [3.8, 4) is 17.2 Å². The predicted molar refractivity (Wildman–Crippen MR) is 109 cm³/mol. The zero-order valence-electron chi connectivity index (χ0n) is 15.4. The van der Waals surface area contributed by atoms with Gasteiger partial charge in [-0.25, -0.2) is 4.98 Å². The topological polar surface area (TPSA) is 65.8 Å². The lowest BCUT2D eigenvalue weighted by Gasteiger charge is -2.19. The quantitative estimate of drug-likeness (QED) is 0.684. The Bertz CT molecular complexity index is 1080. The van der Waals surface area contributed by atoms with Gasteiger partial charge in [0.15, 0.2) is 0 Å². The van der Waals surface area contributed by atoms with Crippen LogP contribution in [0.1, 0.15) is 40.0 Å². The first-order valence-electron chi connectivity index (χ1n) is 9.06. The highest BCUT2D eigenvalue weighted by Gasteiger charge is 2.45. The van der Waals surface area contributed by atoms with E-state index in [1.165, 1.54) is 0 Å². The maximum absolute atomic E-state index is 12.6. The third-order valence-corrected chi connectivity index (χ3v) is 5.44. The van der Waals surface area contributed by atoms with Crippen LogP contribution in [0.2, 0.25) is 5.02 Å². The summed E-state index contributed by atoms with van der Waals surface area (Å²) in [6.45, 7) is 1.97. The largest absolute Gasteiger partial charge is 0.343 e. The molecule has 0 atom stereocenters. The van der Waals surface area contributed by atoms with Crippen molar-refractivity contribution in [3.05, 3.63) is 88.2 Å². The molecular weight excluding hydrogens is 370 g/mol. The lowest BCUT2D eigenvalue weighted by Crippen LogP contribution is -2.34. The highest BCUT2D eigenvalue weighted by molar-refractivity contribution is 6.30. The molecule has 0 aliphatic heterocycles. The van der Waals surface area contributed by atoms with Crippen LogP contribution in [0.3, 0.4) is 0 Å². The number of nitrogens with one attached hydrogen (secondary N) is 1. The number of carbonyl (C=O) groups is 1. The van der Waals surface area contributed by atoms with Crippen LogP contribution in [0.4, 0.5) is 0 Å². The molecule has 4 nitrogen and oxygen atoms in total. The molecule has 1 heterocycles. The molecule has 2 aromatic carbocycles. The van der Waals surface area contributed by atoms with Crippen molar-refractivity contribution in [1.29, 1.82) is 5.26 Å². The Hall–Kier alpha value is -3.16. The third-order valence-electron chi connectivity index (χ3n) is 5.18. The summed E-state index contributed by atoms with van der Waals surface area (Å²) in [7, 11) is 0. The molecule has 1 aliphatic carbocycles. The van der Waals surface area contributed by atoms with Gasteiger partial charge < -0.3 is 5.32 Å². The van der Waals surface area contributed by atoms with Crippen LogP contribution in [-0.4, -0.2) is 10.9 Å². The van der Waals surface area contributed by atoms with E-state index in [0.717, 1.165) is 35.1 Å². The molecule has 1 aliphatic rings. The van der Waals surface area contributed by atoms with Crippen molar-refractivity contribution in [2.24, 2.45) is 0 Å². The van der Waals surface area contributed by atoms with Gasteiger partial charge in [-0.2, -0.15) is 5.26 Å². The van der Waals surface area contributed by atoms with Gasteiger partial charge in [-0.15, -0.1) is 0 Å². The van der Waals surface area contributed by atoms with Gasteiger partial charge in [0.1, 0.15) is 11.8 Å². The molecule has 1 amide bonds. The van der Waals surface area contributed by atoms with Crippen molar-refractivity contribution in [2.75, 3.05) is 0 Å². The first kappa shape index (κ1) is 18.2. The van der Waals surface area contributed by atoms with Crippen molar-refractivity contribution in [3.63, 3.8) is 0 Å². The van der Waals surface area contributed by atoms with Crippen LogP contribution in [0.25, 0.3) is 11.1 Å². The zero-order chi connectivity index (χ0) is 19.7. The summed E-state index contributed by atoms with van der Waals surface area (Å²) in [5.41, 5.74) is 4.87. The van der Waals surface area contributed by atoms with Gasteiger partial charge in [0, 0.05) is 22.3 Å². The number of pyridine rings is 1. The SMILES string of the molecule is Cc1cc(C#N)ncc1-c1ccc(C2(NC(=O)c3ccc(Cl)cc3)CC2)cc1. The highest BCUT2D eigenvalue weighted by Crippen LogP contribution is 2.46. The Morgan fingerprint density at radius 1 is 1.14 bits per heavy atom. The number of amides is 1. The summed E-state index contributed by atoms with van der Waals surface area (Å²) in [5, 5.41) is 12.8. The number of nitrogens with zero attached hydrogens (tertiary/aromatic N) is 2. The van der Waals surface area contributed by atoms with E-state index >= 15 is 0 Å². The number of aryl methyl sites for hydroxylation is 1.